The normalized spacial score (nSPS) is 19.3. The minimum Gasteiger partial charge on any atom is -0.378 e. The highest BCUT2D eigenvalue weighted by molar-refractivity contribution is 5.83. The van der Waals surface area contributed by atoms with E-state index in [0.717, 1.165) is 17.2 Å². The number of fused-ring (bicyclic) bond motifs is 1. The van der Waals surface area contributed by atoms with Crippen molar-refractivity contribution in [2.45, 2.75) is 40.2 Å². The van der Waals surface area contributed by atoms with Gasteiger partial charge in [0.25, 0.3) is 0 Å². The molecule has 1 N–H and O–H groups in total. The summed E-state index contributed by atoms with van der Waals surface area (Å²) in [6.07, 6.45) is 27.4. The molecule has 1 fully saturated rings. The molecule has 4 aliphatic carbocycles. The molecule has 0 aliphatic heterocycles. The van der Waals surface area contributed by atoms with E-state index in [1.54, 1.807) is 0 Å². The van der Waals surface area contributed by atoms with E-state index in [-0.39, 0.29) is 6.04 Å². The molecule has 2 nitrogen and oxygen atoms in total. The first-order chi connectivity index (χ1) is 26.0. The van der Waals surface area contributed by atoms with Crippen LogP contribution in [0.25, 0.3) is 17.2 Å². The molecule has 268 valence electrons. The topological polar surface area (TPSA) is 24.4 Å². The van der Waals surface area contributed by atoms with Gasteiger partial charge in [-0.15, -0.1) is 13.2 Å². The maximum absolute atomic E-state index is 4.66. The lowest BCUT2D eigenvalue weighted by molar-refractivity contribution is 0.555. The summed E-state index contributed by atoms with van der Waals surface area (Å²) in [5, 5.41) is 3.77. The highest BCUT2D eigenvalue weighted by Gasteiger charge is 2.44. The number of aryl methyl sites for hydroxylation is 1. The van der Waals surface area contributed by atoms with Crippen molar-refractivity contribution in [1.82, 2.24) is 5.32 Å². The van der Waals surface area contributed by atoms with Crippen LogP contribution in [0.2, 0.25) is 0 Å². The van der Waals surface area contributed by atoms with Gasteiger partial charge in [0.2, 0.25) is 0 Å². The third-order valence-electron chi connectivity index (χ3n) is 9.74. The van der Waals surface area contributed by atoms with E-state index in [4.69, 9.17) is 0 Å². The van der Waals surface area contributed by atoms with Crippen molar-refractivity contribution in [1.29, 1.82) is 0 Å². The van der Waals surface area contributed by atoms with Gasteiger partial charge < -0.3 is 5.32 Å². The number of nitrogens with one attached hydrogen (secondary N) is 1. The zero-order chi connectivity index (χ0) is 37.4. The second-order valence-electron chi connectivity index (χ2n) is 13.9. The lowest BCUT2D eigenvalue weighted by atomic mass is 9.95. The first-order valence-corrected chi connectivity index (χ1v) is 18.8. The van der Waals surface area contributed by atoms with Gasteiger partial charge >= 0.3 is 0 Å². The predicted molar refractivity (Wildman–Crippen MR) is 232 cm³/mol. The molecule has 0 heterocycles. The molecule has 0 amide bonds. The van der Waals surface area contributed by atoms with Gasteiger partial charge in [0.1, 0.15) is 0 Å². The van der Waals surface area contributed by atoms with Crippen molar-refractivity contribution >= 4 is 29.1 Å². The standard InChI is InChI=1S/C31H26N2.C10H12.C8H12.C2H4/c1-3-8-22(9-4-1)21-32-26-13-7-12-24(18-26)25-14-15-27(19-25)33-31-17-16-28(29-20-30(29)31)23-10-5-2-6-11-23;1-3-6-10-8-5-4-7-9(10)2;1-7(2)8-5-3-4-6-8;1-2/h1-19,21,27,29-30,33H,20H2;3-8H,1-2H3;3-8H,1-2H3;1-2H2/b;6-3-;;. The number of hydrogen-bond donors (Lipinski definition) is 1. The van der Waals surface area contributed by atoms with Crippen LogP contribution in [-0.2, 0) is 0 Å². The van der Waals surface area contributed by atoms with Gasteiger partial charge in [-0.3, -0.25) is 4.99 Å². The summed E-state index contributed by atoms with van der Waals surface area (Å²) in [5.41, 5.74) is 11.4. The molecule has 0 radical (unpaired) electrons. The number of aliphatic imine (C=N–C) groups is 1. The Balaban J connectivity index is 0.000000221. The molecule has 2 heteroatoms. The van der Waals surface area contributed by atoms with E-state index in [2.05, 4.69) is 202 Å². The number of benzene rings is 4. The Morgan fingerprint density at radius 3 is 2.11 bits per heavy atom. The number of allylic oxidation sites excluding steroid dienone is 11. The van der Waals surface area contributed by atoms with Crippen molar-refractivity contribution < 1.29 is 0 Å². The van der Waals surface area contributed by atoms with Crippen LogP contribution in [0, 0.1) is 30.6 Å². The van der Waals surface area contributed by atoms with Crippen molar-refractivity contribution in [3.63, 3.8) is 0 Å². The van der Waals surface area contributed by atoms with Crippen LogP contribution in [0.3, 0.4) is 0 Å². The third-order valence-corrected chi connectivity index (χ3v) is 9.74. The molecular weight excluding hydrogens is 641 g/mol. The average molecular weight is 695 g/mol. The van der Waals surface area contributed by atoms with Crippen LogP contribution in [0.4, 0.5) is 5.69 Å². The van der Waals surface area contributed by atoms with E-state index < -0.39 is 0 Å². The van der Waals surface area contributed by atoms with Crippen LogP contribution in [0.5, 0.6) is 0 Å². The van der Waals surface area contributed by atoms with E-state index in [9.17, 15) is 0 Å². The van der Waals surface area contributed by atoms with Crippen LogP contribution >= 0.6 is 0 Å². The monoisotopic (exact) mass is 694 g/mol. The van der Waals surface area contributed by atoms with E-state index in [0.29, 0.717) is 17.8 Å². The van der Waals surface area contributed by atoms with Gasteiger partial charge in [0.15, 0.2) is 0 Å². The molecule has 4 aliphatic rings. The van der Waals surface area contributed by atoms with Crippen LogP contribution in [0.15, 0.2) is 194 Å². The fourth-order valence-corrected chi connectivity index (χ4v) is 6.69. The molecule has 3 atom stereocenters. The Kier molecular flexibility index (Phi) is 14.4. The Morgan fingerprint density at radius 1 is 0.755 bits per heavy atom. The fraction of sp³-hybridized carbons (Fsp3) is 0.196. The summed E-state index contributed by atoms with van der Waals surface area (Å²) in [7, 11) is 0. The smallest absolute Gasteiger partial charge is 0.0637 e. The van der Waals surface area contributed by atoms with Gasteiger partial charge in [-0.25, -0.2) is 0 Å². The maximum Gasteiger partial charge on any atom is 0.0637 e. The Morgan fingerprint density at radius 2 is 1.43 bits per heavy atom. The lowest BCUT2D eigenvalue weighted by Crippen LogP contribution is -2.25. The zero-order valence-electron chi connectivity index (χ0n) is 31.8. The molecule has 0 saturated heterocycles. The minimum absolute atomic E-state index is 0.232. The summed E-state index contributed by atoms with van der Waals surface area (Å²) in [6.45, 7) is 14.6. The quantitative estimate of drug-likeness (QED) is 0.144. The SMILES string of the molecule is C/C=C\c1ccccc1C.C1=CC(NC2=CC=C(c3ccccc3)C3CC23)C=C1c1cccc(N=Cc2ccccc2)c1.C=C.CC(C)C1C=CC=C1. The first kappa shape index (κ1) is 38.5. The maximum atomic E-state index is 4.66. The minimum atomic E-state index is 0.232. The van der Waals surface area contributed by atoms with Gasteiger partial charge in [0.05, 0.1) is 11.7 Å². The lowest BCUT2D eigenvalue weighted by Gasteiger charge is -2.18. The summed E-state index contributed by atoms with van der Waals surface area (Å²) in [5.74, 6) is 2.76. The van der Waals surface area contributed by atoms with Crippen LogP contribution < -0.4 is 5.32 Å². The Hall–Kier alpha value is -5.73. The molecule has 4 aromatic rings. The second-order valence-corrected chi connectivity index (χ2v) is 13.9. The highest BCUT2D eigenvalue weighted by atomic mass is 14.9. The van der Waals surface area contributed by atoms with Crippen molar-refractivity contribution in [2.24, 2.45) is 28.7 Å². The Bertz CT molecular complexity index is 2000. The molecular formula is C51H54N2. The third kappa shape index (κ3) is 11.1. The van der Waals surface area contributed by atoms with Crippen molar-refractivity contribution in [3.05, 3.63) is 217 Å². The second kappa shape index (κ2) is 19.8. The molecule has 3 unspecified atom stereocenters. The van der Waals surface area contributed by atoms with Gasteiger partial charge in [0, 0.05) is 17.8 Å². The highest BCUT2D eigenvalue weighted by Crippen LogP contribution is 2.53. The van der Waals surface area contributed by atoms with Crippen LogP contribution in [0.1, 0.15) is 55.0 Å². The molecule has 1 saturated carbocycles. The Labute approximate surface area is 318 Å². The molecule has 0 spiro atoms. The predicted octanol–water partition coefficient (Wildman–Crippen LogP) is 13.2. The number of hydrogen-bond acceptors (Lipinski definition) is 2. The van der Waals surface area contributed by atoms with Crippen molar-refractivity contribution in [3.8, 4) is 0 Å². The van der Waals surface area contributed by atoms with E-state index >= 15 is 0 Å². The van der Waals surface area contributed by atoms with E-state index in [1.807, 2.05) is 31.3 Å². The molecule has 53 heavy (non-hydrogen) atoms. The molecule has 4 aromatic carbocycles. The zero-order valence-corrected chi connectivity index (χ0v) is 31.8. The number of nitrogens with zero attached hydrogens (tertiary/aromatic N) is 1. The summed E-state index contributed by atoms with van der Waals surface area (Å²) in [4.78, 5) is 4.66. The average Bonchev–Trinajstić information content (AvgIpc) is 3.56. The fourth-order valence-electron chi connectivity index (χ4n) is 6.69. The largest absolute Gasteiger partial charge is 0.378 e. The summed E-state index contributed by atoms with van der Waals surface area (Å²) >= 11 is 0. The summed E-state index contributed by atoms with van der Waals surface area (Å²) < 4.78 is 0. The molecule has 0 aromatic heterocycles. The molecule has 0 bridgehead atoms. The summed E-state index contributed by atoms with van der Waals surface area (Å²) in [6, 6.07) is 38.0. The first-order valence-electron chi connectivity index (χ1n) is 18.8. The van der Waals surface area contributed by atoms with Gasteiger partial charge in [-0.05, 0) is 95.2 Å². The number of rotatable bonds is 8. The molecule has 8 rings (SSSR count). The van der Waals surface area contributed by atoms with Gasteiger partial charge in [-0.2, -0.15) is 0 Å². The van der Waals surface area contributed by atoms with Crippen LogP contribution in [-0.4, -0.2) is 12.3 Å². The van der Waals surface area contributed by atoms with Crippen molar-refractivity contribution in [2.75, 3.05) is 0 Å². The van der Waals surface area contributed by atoms with E-state index in [1.165, 1.54) is 45.5 Å². The van der Waals surface area contributed by atoms with Gasteiger partial charge in [-0.1, -0.05) is 172 Å².